The van der Waals surface area contributed by atoms with E-state index in [0.717, 1.165) is 16.3 Å². The van der Waals surface area contributed by atoms with E-state index in [-0.39, 0.29) is 0 Å². The number of benzene rings is 2. The number of hydrogen-bond acceptors (Lipinski definition) is 3. The van der Waals surface area contributed by atoms with Gasteiger partial charge in [-0.05, 0) is 22.4 Å². The standard InChI is InChI=1S/C15H17NO3/c1-19-9-8-16-14(15(17)18)13-7-6-11-4-2-3-5-12(11)10-13/h2-7,10,14,16H,8-9H2,1H3,(H,17,18). The summed E-state index contributed by atoms with van der Waals surface area (Å²) in [7, 11) is 1.59. The summed E-state index contributed by atoms with van der Waals surface area (Å²) in [5.74, 6) is -0.883. The minimum atomic E-state index is -0.883. The highest BCUT2D eigenvalue weighted by molar-refractivity contribution is 5.85. The van der Waals surface area contributed by atoms with Crippen LogP contribution < -0.4 is 5.32 Å². The molecule has 0 aromatic heterocycles. The van der Waals surface area contributed by atoms with E-state index in [0.29, 0.717) is 13.2 Å². The van der Waals surface area contributed by atoms with E-state index in [4.69, 9.17) is 4.74 Å². The van der Waals surface area contributed by atoms with Gasteiger partial charge in [-0.25, -0.2) is 0 Å². The lowest BCUT2D eigenvalue weighted by Crippen LogP contribution is -2.31. The largest absolute Gasteiger partial charge is 0.480 e. The number of carboxylic acid groups (broad SMARTS) is 1. The maximum Gasteiger partial charge on any atom is 0.325 e. The van der Waals surface area contributed by atoms with E-state index >= 15 is 0 Å². The summed E-state index contributed by atoms with van der Waals surface area (Å²) in [5, 5.41) is 14.4. The molecule has 2 N–H and O–H groups in total. The molecule has 0 spiro atoms. The van der Waals surface area contributed by atoms with Crippen molar-refractivity contribution in [2.75, 3.05) is 20.3 Å². The highest BCUT2D eigenvalue weighted by Crippen LogP contribution is 2.20. The van der Waals surface area contributed by atoms with E-state index < -0.39 is 12.0 Å². The Kier molecular flexibility index (Phi) is 4.49. The van der Waals surface area contributed by atoms with Crippen molar-refractivity contribution in [3.8, 4) is 0 Å². The Morgan fingerprint density at radius 2 is 2.00 bits per heavy atom. The molecule has 0 aliphatic rings. The molecule has 2 aromatic rings. The average Bonchev–Trinajstić information content (AvgIpc) is 2.43. The summed E-state index contributed by atoms with van der Waals surface area (Å²) in [6.07, 6.45) is 0. The number of fused-ring (bicyclic) bond motifs is 1. The minimum absolute atomic E-state index is 0.483. The van der Waals surface area contributed by atoms with Crippen LogP contribution in [0.2, 0.25) is 0 Å². The van der Waals surface area contributed by atoms with Crippen molar-refractivity contribution in [3.05, 3.63) is 48.0 Å². The minimum Gasteiger partial charge on any atom is -0.480 e. The quantitative estimate of drug-likeness (QED) is 0.781. The molecular weight excluding hydrogens is 242 g/mol. The van der Waals surface area contributed by atoms with Gasteiger partial charge in [-0.2, -0.15) is 0 Å². The molecule has 2 aromatic carbocycles. The number of ether oxygens (including phenoxy) is 1. The van der Waals surface area contributed by atoms with E-state index in [1.807, 2.05) is 42.5 Å². The van der Waals surface area contributed by atoms with Gasteiger partial charge in [-0.15, -0.1) is 0 Å². The van der Waals surface area contributed by atoms with Gasteiger partial charge < -0.3 is 9.84 Å². The Morgan fingerprint density at radius 3 is 2.68 bits per heavy atom. The first-order valence-corrected chi connectivity index (χ1v) is 6.16. The average molecular weight is 259 g/mol. The molecule has 0 heterocycles. The van der Waals surface area contributed by atoms with E-state index in [9.17, 15) is 9.90 Å². The number of rotatable bonds is 6. The van der Waals surface area contributed by atoms with E-state index in [1.165, 1.54) is 0 Å². The summed E-state index contributed by atoms with van der Waals surface area (Å²) in [4.78, 5) is 11.3. The van der Waals surface area contributed by atoms with Crippen molar-refractivity contribution in [2.45, 2.75) is 6.04 Å². The van der Waals surface area contributed by atoms with Crippen LogP contribution in [-0.4, -0.2) is 31.3 Å². The van der Waals surface area contributed by atoms with Gasteiger partial charge in [0.2, 0.25) is 0 Å². The maximum atomic E-state index is 11.3. The fourth-order valence-electron chi connectivity index (χ4n) is 2.04. The van der Waals surface area contributed by atoms with Crippen molar-refractivity contribution in [1.82, 2.24) is 5.32 Å². The lowest BCUT2D eigenvalue weighted by molar-refractivity contribution is -0.139. The Bertz CT molecular complexity index is 568. The van der Waals surface area contributed by atoms with Crippen LogP contribution in [0.15, 0.2) is 42.5 Å². The molecule has 1 atom stereocenters. The summed E-state index contributed by atoms with van der Waals surface area (Å²) >= 11 is 0. The van der Waals surface area contributed by atoms with Crippen molar-refractivity contribution < 1.29 is 14.6 Å². The Hall–Kier alpha value is -1.91. The summed E-state index contributed by atoms with van der Waals surface area (Å²) in [5.41, 5.74) is 0.752. The molecule has 0 saturated carbocycles. The SMILES string of the molecule is COCCNC(C(=O)O)c1ccc2ccccc2c1. The smallest absolute Gasteiger partial charge is 0.325 e. The third-order valence-electron chi connectivity index (χ3n) is 3.01. The van der Waals surface area contributed by atoms with Crippen LogP contribution in [0.3, 0.4) is 0 Å². The predicted molar refractivity (Wildman–Crippen MR) is 74.2 cm³/mol. The molecule has 0 saturated heterocycles. The molecule has 4 nitrogen and oxygen atoms in total. The van der Waals surface area contributed by atoms with Crippen molar-refractivity contribution in [3.63, 3.8) is 0 Å². The van der Waals surface area contributed by atoms with Crippen molar-refractivity contribution in [1.29, 1.82) is 0 Å². The van der Waals surface area contributed by atoms with Gasteiger partial charge in [-0.3, -0.25) is 10.1 Å². The number of nitrogens with one attached hydrogen (secondary N) is 1. The van der Waals surface area contributed by atoms with Crippen LogP contribution >= 0.6 is 0 Å². The number of methoxy groups -OCH3 is 1. The molecule has 0 amide bonds. The highest BCUT2D eigenvalue weighted by atomic mass is 16.5. The zero-order valence-electron chi connectivity index (χ0n) is 10.8. The fourth-order valence-corrected chi connectivity index (χ4v) is 2.04. The van der Waals surface area contributed by atoms with Gasteiger partial charge in [-0.1, -0.05) is 36.4 Å². The Balaban J connectivity index is 2.25. The molecule has 4 heteroatoms. The zero-order chi connectivity index (χ0) is 13.7. The monoisotopic (exact) mass is 259 g/mol. The second kappa shape index (κ2) is 6.31. The molecule has 0 radical (unpaired) electrons. The number of carbonyl (C=O) groups is 1. The molecule has 0 aliphatic heterocycles. The molecule has 0 bridgehead atoms. The van der Waals surface area contributed by atoms with Crippen LogP contribution in [0, 0.1) is 0 Å². The number of hydrogen-bond donors (Lipinski definition) is 2. The zero-order valence-corrected chi connectivity index (χ0v) is 10.8. The first kappa shape index (κ1) is 13.5. The van der Waals surface area contributed by atoms with Gasteiger partial charge in [0.25, 0.3) is 0 Å². The second-order valence-corrected chi connectivity index (χ2v) is 4.32. The first-order chi connectivity index (χ1) is 9.22. The topological polar surface area (TPSA) is 58.6 Å². The third-order valence-corrected chi connectivity index (χ3v) is 3.01. The first-order valence-electron chi connectivity index (χ1n) is 6.16. The molecular formula is C15H17NO3. The highest BCUT2D eigenvalue weighted by Gasteiger charge is 2.18. The molecule has 2 rings (SSSR count). The van der Waals surface area contributed by atoms with E-state index in [2.05, 4.69) is 5.32 Å². The molecule has 19 heavy (non-hydrogen) atoms. The second-order valence-electron chi connectivity index (χ2n) is 4.32. The van der Waals surface area contributed by atoms with Gasteiger partial charge in [0.15, 0.2) is 0 Å². The molecule has 100 valence electrons. The van der Waals surface area contributed by atoms with Gasteiger partial charge in [0.05, 0.1) is 6.61 Å². The van der Waals surface area contributed by atoms with Gasteiger partial charge >= 0.3 is 5.97 Å². The van der Waals surface area contributed by atoms with Crippen molar-refractivity contribution in [2.24, 2.45) is 0 Å². The lowest BCUT2D eigenvalue weighted by Gasteiger charge is -2.15. The van der Waals surface area contributed by atoms with Crippen LogP contribution in [0.4, 0.5) is 0 Å². The van der Waals surface area contributed by atoms with Crippen molar-refractivity contribution >= 4 is 16.7 Å². The van der Waals surface area contributed by atoms with Crippen LogP contribution in [0.25, 0.3) is 10.8 Å². The molecule has 0 fully saturated rings. The third kappa shape index (κ3) is 3.30. The lowest BCUT2D eigenvalue weighted by atomic mass is 10.0. The predicted octanol–water partition coefficient (Wildman–Crippen LogP) is 2.20. The molecule has 0 aliphatic carbocycles. The normalized spacial score (nSPS) is 12.5. The summed E-state index contributed by atoms with van der Waals surface area (Å²) in [6.45, 7) is 0.984. The number of aliphatic carboxylic acids is 1. The summed E-state index contributed by atoms with van der Waals surface area (Å²) < 4.78 is 4.92. The number of carboxylic acids is 1. The molecule has 1 unspecified atom stereocenters. The van der Waals surface area contributed by atoms with Gasteiger partial charge in [0, 0.05) is 13.7 Å². The summed E-state index contributed by atoms with van der Waals surface area (Å²) in [6, 6.07) is 12.9. The van der Waals surface area contributed by atoms with Crippen LogP contribution in [0.1, 0.15) is 11.6 Å². The van der Waals surface area contributed by atoms with Crippen LogP contribution in [-0.2, 0) is 9.53 Å². The fraction of sp³-hybridized carbons (Fsp3) is 0.267. The van der Waals surface area contributed by atoms with Crippen LogP contribution in [0.5, 0.6) is 0 Å². The Labute approximate surface area is 112 Å². The maximum absolute atomic E-state index is 11.3. The van der Waals surface area contributed by atoms with Gasteiger partial charge in [0.1, 0.15) is 6.04 Å². The Morgan fingerprint density at radius 1 is 1.26 bits per heavy atom. The van der Waals surface area contributed by atoms with E-state index in [1.54, 1.807) is 7.11 Å².